The largest absolute Gasteiger partial charge is 0.457 e. The number of rotatable bonds is 7. The van der Waals surface area contributed by atoms with Crippen molar-refractivity contribution in [1.82, 2.24) is 10.0 Å². The second kappa shape index (κ2) is 8.24. The first-order chi connectivity index (χ1) is 13.4. The first kappa shape index (κ1) is 19.6. The maximum absolute atomic E-state index is 12.9. The van der Waals surface area contributed by atoms with Gasteiger partial charge in [0.2, 0.25) is 5.09 Å². The van der Waals surface area contributed by atoms with Crippen molar-refractivity contribution >= 4 is 15.9 Å². The molecule has 2 N–H and O–H groups in total. The molecule has 0 saturated carbocycles. The van der Waals surface area contributed by atoms with Crippen LogP contribution < -0.4 is 14.8 Å². The van der Waals surface area contributed by atoms with Crippen LogP contribution in [0.4, 0.5) is 4.39 Å². The molecular weight excluding hydrogens is 387 g/mol. The number of halogens is 1. The number of hydrogen-bond donors (Lipinski definition) is 2. The lowest BCUT2D eigenvalue weighted by Crippen LogP contribution is -2.22. The minimum Gasteiger partial charge on any atom is -0.457 e. The van der Waals surface area contributed by atoms with Crippen LogP contribution in [-0.2, 0) is 16.6 Å². The van der Waals surface area contributed by atoms with E-state index in [1.54, 1.807) is 24.3 Å². The summed E-state index contributed by atoms with van der Waals surface area (Å²) in [6.45, 7) is 0.213. The number of carbonyl (C=O) groups excluding carboxylic acids is 1. The summed E-state index contributed by atoms with van der Waals surface area (Å²) in [5, 5.41) is 2.31. The maximum Gasteiger partial charge on any atom is 0.287 e. The normalized spacial score (nSPS) is 11.2. The van der Waals surface area contributed by atoms with E-state index < -0.39 is 15.9 Å². The first-order valence-electron chi connectivity index (χ1n) is 8.21. The molecule has 0 aliphatic rings. The Kier molecular flexibility index (Phi) is 5.76. The highest BCUT2D eigenvalue weighted by Gasteiger charge is 2.19. The molecule has 7 nitrogen and oxygen atoms in total. The lowest BCUT2D eigenvalue weighted by atomic mass is 10.2. The average Bonchev–Trinajstić information content (AvgIpc) is 3.20. The second-order valence-corrected chi connectivity index (χ2v) is 7.53. The van der Waals surface area contributed by atoms with Crippen LogP contribution in [0.15, 0.2) is 70.2 Å². The summed E-state index contributed by atoms with van der Waals surface area (Å²) in [5.74, 6) is 0.0854. The topological polar surface area (TPSA) is 97.6 Å². The van der Waals surface area contributed by atoms with Gasteiger partial charge in [-0.1, -0.05) is 12.1 Å². The van der Waals surface area contributed by atoms with Crippen LogP contribution in [0.25, 0.3) is 0 Å². The van der Waals surface area contributed by atoms with Gasteiger partial charge in [-0.3, -0.25) is 4.79 Å². The fourth-order valence-electron chi connectivity index (χ4n) is 2.27. The van der Waals surface area contributed by atoms with Gasteiger partial charge in [-0.25, -0.2) is 17.5 Å². The van der Waals surface area contributed by atoms with Crippen molar-refractivity contribution in [3.8, 4) is 11.5 Å². The molecular formula is C19H17FN2O5S. The molecule has 0 unspecified atom stereocenters. The first-order valence-corrected chi connectivity index (χ1v) is 9.69. The molecule has 0 fully saturated rings. The zero-order valence-electron chi connectivity index (χ0n) is 14.8. The summed E-state index contributed by atoms with van der Waals surface area (Å²) in [6, 6.07) is 15.1. The molecule has 1 amide bonds. The van der Waals surface area contributed by atoms with Crippen molar-refractivity contribution in [1.29, 1.82) is 0 Å². The predicted octanol–water partition coefficient (Wildman–Crippen LogP) is 3.05. The number of nitrogens with one attached hydrogen (secondary N) is 2. The van der Waals surface area contributed by atoms with Gasteiger partial charge in [0.15, 0.2) is 5.76 Å². The van der Waals surface area contributed by atoms with Crippen LogP contribution in [0, 0.1) is 5.82 Å². The third kappa shape index (κ3) is 4.76. The Bertz CT molecular complexity index is 1060. The Labute approximate surface area is 161 Å². The third-order valence-corrected chi connectivity index (χ3v) is 5.05. The summed E-state index contributed by atoms with van der Waals surface area (Å²) in [6.07, 6.45) is 0. The number of carbonyl (C=O) groups is 1. The van der Waals surface area contributed by atoms with Crippen LogP contribution >= 0.6 is 0 Å². The molecule has 2 aromatic carbocycles. The molecule has 0 radical (unpaired) electrons. The van der Waals surface area contributed by atoms with Crippen LogP contribution in [0.5, 0.6) is 11.5 Å². The minimum absolute atomic E-state index is 0.106. The van der Waals surface area contributed by atoms with E-state index >= 15 is 0 Å². The van der Waals surface area contributed by atoms with Crippen molar-refractivity contribution in [2.75, 3.05) is 7.05 Å². The Morgan fingerprint density at radius 1 is 1.00 bits per heavy atom. The highest BCUT2D eigenvalue weighted by atomic mass is 32.2. The lowest BCUT2D eigenvalue weighted by molar-refractivity contribution is 0.0918. The van der Waals surface area contributed by atoms with Gasteiger partial charge in [-0.15, -0.1) is 0 Å². The van der Waals surface area contributed by atoms with Crippen molar-refractivity contribution in [3.05, 3.63) is 77.8 Å². The van der Waals surface area contributed by atoms with Gasteiger partial charge in [0.25, 0.3) is 15.9 Å². The zero-order chi connectivity index (χ0) is 20.1. The number of amides is 1. The summed E-state index contributed by atoms with van der Waals surface area (Å²) in [4.78, 5) is 12.1. The molecule has 0 aliphatic heterocycles. The third-order valence-electron chi connectivity index (χ3n) is 3.76. The fourth-order valence-corrected chi connectivity index (χ4v) is 2.92. The van der Waals surface area contributed by atoms with Crippen molar-refractivity contribution in [2.24, 2.45) is 0 Å². The van der Waals surface area contributed by atoms with Gasteiger partial charge in [-0.2, -0.15) is 0 Å². The predicted molar refractivity (Wildman–Crippen MR) is 99.0 cm³/mol. The van der Waals surface area contributed by atoms with Gasteiger partial charge in [0.05, 0.1) is 0 Å². The van der Waals surface area contributed by atoms with E-state index in [4.69, 9.17) is 9.15 Å². The van der Waals surface area contributed by atoms with Gasteiger partial charge in [0.1, 0.15) is 17.3 Å². The van der Waals surface area contributed by atoms with Gasteiger partial charge in [-0.05, 0) is 61.1 Å². The Morgan fingerprint density at radius 2 is 1.61 bits per heavy atom. The van der Waals surface area contributed by atoms with E-state index in [0.29, 0.717) is 11.5 Å². The van der Waals surface area contributed by atoms with E-state index in [2.05, 4.69) is 10.0 Å². The van der Waals surface area contributed by atoms with Crippen molar-refractivity contribution < 1.29 is 26.8 Å². The lowest BCUT2D eigenvalue weighted by Gasteiger charge is -2.07. The molecule has 1 heterocycles. The molecule has 9 heteroatoms. The molecule has 0 saturated heterocycles. The summed E-state index contributed by atoms with van der Waals surface area (Å²) in [5.41, 5.74) is 0.800. The van der Waals surface area contributed by atoms with Crippen LogP contribution in [0.3, 0.4) is 0 Å². The van der Waals surface area contributed by atoms with Gasteiger partial charge in [0, 0.05) is 6.54 Å². The Morgan fingerprint density at radius 3 is 2.21 bits per heavy atom. The Hall–Kier alpha value is -3.17. The summed E-state index contributed by atoms with van der Waals surface area (Å²) >= 11 is 0. The molecule has 0 aliphatic carbocycles. The number of hydrogen-bond acceptors (Lipinski definition) is 5. The van der Waals surface area contributed by atoms with Gasteiger partial charge < -0.3 is 14.5 Å². The molecule has 28 heavy (non-hydrogen) atoms. The second-order valence-electron chi connectivity index (χ2n) is 5.71. The molecule has 1 aromatic heterocycles. The standard InChI is InChI=1S/C19H17FN2O5S/c1-21-28(24,25)18-11-10-17(27-18)19(23)22-12-13-2-6-15(7-3-13)26-16-8-4-14(20)5-9-16/h2-11,21H,12H2,1H3,(H,22,23). The summed E-state index contributed by atoms with van der Waals surface area (Å²) < 4.78 is 48.9. The van der Waals surface area contributed by atoms with Crippen LogP contribution in [0.2, 0.25) is 0 Å². The highest BCUT2D eigenvalue weighted by Crippen LogP contribution is 2.22. The summed E-state index contributed by atoms with van der Waals surface area (Å²) in [7, 11) is -2.49. The quantitative estimate of drug-likeness (QED) is 0.631. The number of furan rings is 1. The smallest absolute Gasteiger partial charge is 0.287 e. The monoisotopic (exact) mass is 404 g/mol. The molecule has 0 bridgehead atoms. The Balaban J connectivity index is 1.57. The fraction of sp³-hybridized carbons (Fsp3) is 0.105. The van der Waals surface area contributed by atoms with Crippen molar-refractivity contribution in [2.45, 2.75) is 11.6 Å². The highest BCUT2D eigenvalue weighted by molar-refractivity contribution is 7.89. The maximum atomic E-state index is 12.9. The van der Waals surface area contributed by atoms with E-state index in [1.165, 1.54) is 43.4 Å². The zero-order valence-corrected chi connectivity index (χ0v) is 15.6. The number of ether oxygens (including phenoxy) is 1. The molecule has 0 atom stereocenters. The number of sulfonamides is 1. The number of benzene rings is 2. The molecule has 0 spiro atoms. The van der Waals surface area contributed by atoms with Crippen LogP contribution in [-0.4, -0.2) is 21.4 Å². The average molecular weight is 404 g/mol. The minimum atomic E-state index is -3.74. The van der Waals surface area contributed by atoms with E-state index in [9.17, 15) is 17.6 Å². The molecule has 146 valence electrons. The van der Waals surface area contributed by atoms with E-state index in [1.807, 2.05) is 0 Å². The van der Waals surface area contributed by atoms with Crippen molar-refractivity contribution in [3.63, 3.8) is 0 Å². The van der Waals surface area contributed by atoms with Crippen LogP contribution in [0.1, 0.15) is 16.1 Å². The SMILES string of the molecule is CNS(=O)(=O)c1ccc(C(=O)NCc2ccc(Oc3ccc(F)cc3)cc2)o1. The van der Waals surface area contributed by atoms with E-state index in [0.717, 1.165) is 5.56 Å². The molecule has 3 rings (SSSR count). The van der Waals surface area contributed by atoms with Gasteiger partial charge >= 0.3 is 0 Å². The van der Waals surface area contributed by atoms with E-state index in [-0.39, 0.29) is 23.2 Å². The molecule has 3 aromatic rings.